The molecule has 0 heterocycles. The fourth-order valence-corrected chi connectivity index (χ4v) is 2.34. The van der Waals surface area contributed by atoms with Gasteiger partial charge in [0.1, 0.15) is 0 Å². The highest BCUT2D eigenvalue weighted by Crippen LogP contribution is 2.25. The molecule has 22 heavy (non-hydrogen) atoms. The minimum absolute atomic E-state index is 0.0289. The van der Waals surface area contributed by atoms with Crippen LogP contribution in [0.25, 0.3) is 0 Å². The lowest BCUT2D eigenvalue weighted by atomic mass is 9.90. The summed E-state index contributed by atoms with van der Waals surface area (Å²) in [6, 6.07) is 8.53. The molecule has 0 N–H and O–H groups in total. The maximum absolute atomic E-state index is 11.2. The van der Waals surface area contributed by atoms with Crippen molar-refractivity contribution in [2.45, 2.75) is 67.2 Å². The zero-order valence-electron chi connectivity index (χ0n) is 15.0. The van der Waals surface area contributed by atoms with Gasteiger partial charge in [0.2, 0.25) is 0 Å². The first kappa shape index (κ1) is 20.3. The molecule has 3 rings (SSSR count). The van der Waals surface area contributed by atoms with Crippen LogP contribution >= 0.6 is 0 Å². The number of benzene rings is 1. The van der Waals surface area contributed by atoms with Crippen LogP contribution in [0.15, 0.2) is 35.4 Å². The van der Waals surface area contributed by atoms with E-state index >= 15 is 0 Å². The van der Waals surface area contributed by atoms with Crippen LogP contribution in [-0.4, -0.2) is 11.6 Å². The number of rotatable bonds is 1. The van der Waals surface area contributed by atoms with Crippen LogP contribution in [0.3, 0.4) is 0 Å². The summed E-state index contributed by atoms with van der Waals surface area (Å²) in [6.45, 7) is 11.3. The fourth-order valence-electron chi connectivity index (χ4n) is 2.34. The fraction of sp³-hybridized carbons (Fsp3) is 0.500. The third-order valence-electron chi connectivity index (χ3n) is 3.39. The Labute approximate surface area is 135 Å². The van der Waals surface area contributed by atoms with Gasteiger partial charge in [-0.15, -0.1) is 0 Å². The van der Waals surface area contributed by atoms with Gasteiger partial charge in [0.15, 0.2) is 11.6 Å². The largest absolute Gasteiger partial charge is 0.294 e. The van der Waals surface area contributed by atoms with Crippen molar-refractivity contribution in [1.82, 2.24) is 0 Å². The molecule has 2 aliphatic rings. The van der Waals surface area contributed by atoms with Crippen molar-refractivity contribution in [3.8, 4) is 0 Å². The van der Waals surface area contributed by atoms with Crippen molar-refractivity contribution in [1.29, 1.82) is 0 Å². The zero-order valence-corrected chi connectivity index (χ0v) is 15.0. The van der Waals surface area contributed by atoms with Crippen LogP contribution in [-0.2, 0) is 16.0 Å². The molecule has 0 aliphatic heterocycles. The minimum Gasteiger partial charge on any atom is -0.294 e. The second kappa shape index (κ2) is 10.9. The molecule has 0 aromatic heterocycles. The quantitative estimate of drug-likeness (QED) is 0.671. The summed E-state index contributed by atoms with van der Waals surface area (Å²) in [6.07, 6.45) is 3.60. The average Bonchev–Trinajstić information content (AvgIpc) is 3.31. The number of hydrogen-bond acceptors (Lipinski definition) is 2. The first-order valence-corrected chi connectivity index (χ1v) is 8.40. The maximum Gasteiger partial charge on any atom is 0.166 e. The standard InChI is InChI=1S/C9H12O2.C7H6.2C2H6/c1-6-4-3-5-8(11)9(6)7(2)10;1-2-4-7-5-6(7)3-1;2*1-2/h3-5H2,1-2H3;1-4H,5H2;2*1-2H3. The average molecular weight is 302 g/mol. The van der Waals surface area contributed by atoms with E-state index in [-0.39, 0.29) is 11.6 Å². The van der Waals surface area contributed by atoms with E-state index in [1.165, 1.54) is 24.5 Å². The van der Waals surface area contributed by atoms with E-state index in [0.717, 1.165) is 18.4 Å². The number of carbonyl (C=O) groups is 2. The lowest BCUT2D eigenvalue weighted by Gasteiger charge is -2.13. The number of hydrogen-bond donors (Lipinski definition) is 0. The van der Waals surface area contributed by atoms with Gasteiger partial charge in [0, 0.05) is 6.42 Å². The Morgan fingerprint density at radius 3 is 1.77 bits per heavy atom. The highest BCUT2D eigenvalue weighted by Gasteiger charge is 2.20. The summed E-state index contributed by atoms with van der Waals surface area (Å²) in [7, 11) is 0. The Morgan fingerprint density at radius 2 is 1.45 bits per heavy atom. The van der Waals surface area contributed by atoms with Crippen LogP contribution in [0, 0.1) is 0 Å². The highest BCUT2D eigenvalue weighted by atomic mass is 16.1. The Morgan fingerprint density at radius 1 is 0.955 bits per heavy atom. The van der Waals surface area contributed by atoms with Gasteiger partial charge in [-0.3, -0.25) is 9.59 Å². The van der Waals surface area contributed by atoms with Crippen molar-refractivity contribution in [2.75, 3.05) is 0 Å². The minimum atomic E-state index is -0.0767. The van der Waals surface area contributed by atoms with E-state index in [4.69, 9.17) is 0 Å². The SMILES string of the molecule is CC.CC.CC(=O)C1=C(C)CCCC1=O.c1ccc2c(c1)C2. The predicted molar refractivity (Wildman–Crippen MR) is 94.2 cm³/mol. The van der Waals surface area contributed by atoms with E-state index in [0.29, 0.717) is 12.0 Å². The molecule has 0 saturated heterocycles. The van der Waals surface area contributed by atoms with Crippen LogP contribution in [0.5, 0.6) is 0 Å². The molecule has 0 saturated carbocycles. The maximum atomic E-state index is 11.2. The Kier molecular flexibility index (Phi) is 10.1. The summed E-state index contributed by atoms with van der Waals surface area (Å²) in [5.74, 6) is -0.0477. The van der Waals surface area contributed by atoms with Gasteiger partial charge in [-0.2, -0.15) is 0 Å². The summed E-state index contributed by atoms with van der Waals surface area (Å²) in [5.41, 5.74) is 4.48. The van der Waals surface area contributed by atoms with Gasteiger partial charge in [-0.1, -0.05) is 57.5 Å². The monoisotopic (exact) mass is 302 g/mol. The Hall–Kier alpha value is -1.70. The first-order valence-electron chi connectivity index (χ1n) is 8.40. The van der Waals surface area contributed by atoms with Gasteiger partial charge in [0.25, 0.3) is 0 Å². The molecule has 0 atom stereocenters. The van der Waals surface area contributed by atoms with Crippen molar-refractivity contribution >= 4 is 11.6 Å². The molecule has 2 aliphatic carbocycles. The Bertz CT molecular complexity index is 503. The zero-order chi connectivity index (χ0) is 17.1. The van der Waals surface area contributed by atoms with Gasteiger partial charge in [0.05, 0.1) is 5.57 Å². The molecule has 2 heteroatoms. The third kappa shape index (κ3) is 6.38. The van der Waals surface area contributed by atoms with E-state index in [1.54, 1.807) is 0 Å². The van der Waals surface area contributed by atoms with Crippen LogP contribution < -0.4 is 0 Å². The highest BCUT2D eigenvalue weighted by molar-refractivity contribution is 6.20. The number of carbonyl (C=O) groups excluding carboxylic acids is 2. The summed E-state index contributed by atoms with van der Waals surface area (Å²) in [4.78, 5) is 22.1. The normalized spacial score (nSPS) is 14.2. The lowest BCUT2D eigenvalue weighted by Crippen LogP contribution is -2.16. The van der Waals surface area contributed by atoms with Crippen molar-refractivity contribution < 1.29 is 9.59 Å². The molecule has 0 unspecified atom stereocenters. The van der Waals surface area contributed by atoms with Crippen LogP contribution in [0.4, 0.5) is 0 Å². The third-order valence-corrected chi connectivity index (χ3v) is 3.39. The van der Waals surface area contributed by atoms with Crippen molar-refractivity contribution in [3.05, 3.63) is 46.5 Å². The predicted octanol–water partition coefficient (Wildman–Crippen LogP) is 5.29. The smallest absolute Gasteiger partial charge is 0.166 e. The van der Waals surface area contributed by atoms with Gasteiger partial charge < -0.3 is 0 Å². The molecule has 2 nitrogen and oxygen atoms in total. The van der Waals surface area contributed by atoms with Gasteiger partial charge >= 0.3 is 0 Å². The van der Waals surface area contributed by atoms with Crippen molar-refractivity contribution in [2.24, 2.45) is 0 Å². The van der Waals surface area contributed by atoms with E-state index in [9.17, 15) is 9.59 Å². The summed E-state index contributed by atoms with van der Waals surface area (Å²) < 4.78 is 0. The number of allylic oxidation sites excluding steroid dienone is 2. The molecular formula is C20H30O2. The number of ketones is 2. The molecule has 122 valence electrons. The molecule has 0 radical (unpaired) electrons. The van der Waals surface area contributed by atoms with Gasteiger partial charge in [-0.25, -0.2) is 0 Å². The topological polar surface area (TPSA) is 34.1 Å². The number of Topliss-reactive ketones (excluding diaryl/α,β-unsaturated/α-hetero) is 2. The summed E-state index contributed by atoms with van der Waals surface area (Å²) in [5, 5.41) is 0. The first-order chi connectivity index (χ1) is 10.6. The number of fused-ring (bicyclic) bond motifs is 1. The lowest BCUT2D eigenvalue weighted by molar-refractivity contribution is -0.120. The second-order valence-corrected chi connectivity index (χ2v) is 4.93. The van der Waals surface area contributed by atoms with E-state index < -0.39 is 0 Å². The molecule has 0 amide bonds. The van der Waals surface area contributed by atoms with Crippen molar-refractivity contribution in [3.63, 3.8) is 0 Å². The van der Waals surface area contributed by atoms with E-state index in [1.807, 2.05) is 34.6 Å². The molecule has 0 fully saturated rings. The summed E-state index contributed by atoms with van der Waals surface area (Å²) >= 11 is 0. The molecular weight excluding hydrogens is 272 g/mol. The molecule has 0 spiro atoms. The van der Waals surface area contributed by atoms with Crippen LogP contribution in [0.2, 0.25) is 0 Å². The molecule has 1 aromatic carbocycles. The Balaban J connectivity index is 0.000000343. The second-order valence-electron chi connectivity index (χ2n) is 4.93. The molecule has 1 aromatic rings. The van der Waals surface area contributed by atoms with Gasteiger partial charge in [-0.05, 0) is 44.2 Å². The van der Waals surface area contributed by atoms with E-state index in [2.05, 4.69) is 24.3 Å². The molecule has 0 bridgehead atoms. The van der Waals surface area contributed by atoms with Crippen LogP contribution in [0.1, 0.15) is 71.9 Å².